The number of anilines is 1. The van der Waals surface area contributed by atoms with Gasteiger partial charge in [0.25, 0.3) is 0 Å². The Hall–Kier alpha value is -1.00. The Morgan fingerprint density at radius 3 is 2.44 bits per heavy atom. The van der Waals surface area contributed by atoms with Crippen LogP contribution in [0.5, 0.6) is 0 Å². The molecule has 0 saturated heterocycles. The molecule has 0 aromatic heterocycles. The summed E-state index contributed by atoms with van der Waals surface area (Å²) in [4.78, 5) is 12.9. The molecule has 0 spiro atoms. The molecule has 1 rings (SSSR count). The number of carbonyl (C=O) groups excluding carboxylic acids is 1. The SMILES string of the molecule is CCC(C)(N)C(=O)Nc1ccc(SC)cc1. The van der Waals surface area contributed by atoms with Gasteiger partial charge in [-0.1, -0.05) is 6.92 Å². The zero-order valence-corrected chi connectivity index (χ0v) is 10.7. The molecule has 0 heterocycles. The molecule has 1 atom stereocenters. The second-order valence-electron chi connectivity index (χ2n) is 3.95. The Morgan fingerprint density at radius 1 is 1.44 bits per heavy atom. The third-order valence-electron chi connectivity index (χ3n) is 2.60. The number of hydrogen-bond donors (Lipinski definition) is 2. The lowest BCUT2D eigenvalue weighted by atomic mass is 9.99. The third kappa shape index (κ3) is 3.25. The normalized spacial score (nSPS) is 14.2. The van der Waals surface area contributed by atoms with E-state index in [1.165, 1.54) is 4.90 Å². The van der Waals surface area contributed by atoms with Crippen LogP contribution in [0, 0.1) is 0 Å². The van der Waals surface area contributed by atoms with Crippen LogP contribution in [0.3, 0.4) is 0 Å². The molecule has 1 unspecified atom stereocenters. The Kier molecular flexibility index (Phi) is 4.38. The molecule has 1 aromatic carbocycles. The summed E-state index contributed by atoms with van der Waals surface area (Å²) in [5.74, 6) is -0.146. The number of hydrogen-bond acceptors (Lipinski definition) is 3. The van der Waals surface area contributed by atoms with Crippen molar-refractivity contribution in [1.82, 2.24) is 0 Å². The zero-order chi connectivity index (χ0) is 12.2. The molecule has 3 nitrogen and oxygen atoms in total. The smallest absolute Gasteiger partial charge is 0.244 e. The monoisotopic (exact) mass is 238 g/mol. The maximum Gasteiger partial charge on any atom is 0.244 e. The van der Waals surface area contributed by atoms with Crippen molar-refractivity contribution in [1.29, 1.82) is 0 Å². The summed E-state index contributed by atoms with van der Waals surface area (Å²) < 4.78 is 0. The van der Waals surface area contributed by atoms with Crippen molar-refractivity contribution < 1.29 is 4.79 Å². The molecule has 88 valence electrons. The Balaban J connectivity index is 2.70. The van der Waals surface area contributed by atoms with Crippen LogP contribution in [0.4, 0.5) is 5.69 Å². The molecule has 0 fully saturated rings. The molecule has 16 heavy (non-hydrogen) atoms. The fourth-order valence-electron chi connectivity index (χ4n) is 1.11. The molecule has 0 aliphatic rings. The van der Waals surface area contributed by atoms with Crippen LogP contribution in [-0.4, -0.2) is 17.7 Å². The Labute approximate surface area is 101 Å². The van der Waals surface area contributed by atoms with E-state index < -0.39 is 5.54 Å². The molecule has 1 amide bonds. The third-order valence-corrected chi connectivity index (χ3v) is 3.34. The van der Waals surface area contributed by atoms with Gasteiger partial charge in [-0.25, -0.2) is 0 Å². The summed E-state index contributed by atoms with van der Waals surface area (Å²) in [6, 6.07) is 7.71. The average Bonchev–Trinajstić information content (AvgIpc) is 2.30. The molecular weight excluding hydrogens is 220 g/mol. The molecular formula is C12H18N2OS. The summed E-state index contributed by atoms with van der Waals surface area (Å²) in [7, 11) is 0. The summed E-state index contributed by atoms with van der Waals surface area (Å²) in [6.07, 6.45) is 2.63. The van der Waals surface area contributed by atoms with E-state index in [1.807, 2.05) is 37.4 Å². The quantitative estimate of drug-likeness (QED) is 0.792. The van der Waals surface area contributed by atoms with Gasteiger partial charge in [0, 0.05) is 10.6 Å². The van der Waals surface area contributed by atoms with Crippen LogP contribution in [0.1, 0.15) is 20.3 Å². The van der Waals surface area contributed by atoms with Gasteiger partial charge in [0.2, 0.25) is 5.91 Å². The highest BCUT2D eigenvalue weighted by Crippen LogP contribution is 2.18. The van der Waals surface area contributed by atoms with Gasteiger partial charge in [0.15, 0.2) is 0 Å². The molecule has 0 aliphatic carbocycles. The van der Waals surface area contributed by atoms with Crippen molar-refractivity contribution in [3.8, 4) is 0 Å². The van der Waals surface area contributed by atoms with Gasteiger partial charge < -0.3 is 11.1 Å². The predicted octanol–water partition coefficient (Wildman–Crippen LogP) is 2.47. The largest absolute Gasteiger partial charge is 0.325 e. The van der Waals surface area contributed by atoms with Crippen molar-refractivity contribution in [3.05, 3.63) is 24.3 Å². The van der Waals surface area contributed by atoms with Gasteiger partial charge in [-0.05, 0) is 43.9 Å². The lowest BCUT2D eigenvalue weighted by Crippen LogP contribution is -2.47. The van der Waals surface area contributed by atoms with E-state index >= 15 is 0 Å². The van der Waals surface area contributed by atoms with Gasteiger partial charge in [-0.2, -0.15) is 0 Å². The fourth-order valence-corrected chi connectivity index (χ4v) is 1.52. The highest BCUT2D eigenvalue weighted by Gasteiger charge is 2.25. The van der Waals surface area contributed by atoms with Gasteiger partial charge in [0.1, 0.15) is 0 Å². The first-order valence-corrected chi connectivity index (χ1v) is 6.46. The summed E-state index contributed by atoms with van der Waals surface area (Å²) >= 11 is 1.67. The van der Waals surface area contributed by atoms with Crippen LogP contribution < -0.4 is 11.1 Å². The summed E-state index contributed by atoms with van der Waals surface area (Å²) in [5, 5.41) is 2.81. The Bertz CT molecular complexity index is 360. The van der Waals surface area contributed by atoms with Crippen molar-refractivity contribution in [2.45, 2.75) is 30.7 Å². The second kappa shape index (κ2) is 5.37. The minimum absolute atomic E-state index is 0.146. The van der Waals surface area contributed by atoms with Crippen LogP contribution in [0.15, 0.2) is 29.2 Å². The first kappa shape index (κ1) is 13.1. The predicted molar refractivity (Wildman–Crippen MR) is 69.7 cm³/mol. The zero-order valence-electron chi connectivity index (χ0n) is 9.91. The number of amides is 1. The summed E-state index contributed by atoms with van der Waals surface area (Å²) in [5.41, 5.74) is 5.83. The molecule has 3 N–H and O–H groups in total. The molecule has 4 heteroatoms. The van der Waals surface area contributed by atoms with E-state index in [9.17, 15) is 4.79 Å². The highest BCUT2D eigenvalue weighted by molar-refractivity contribution is 7.98. The van der Waals surface area contributed by atoms with E-state index in [1.54, 1.807) is 18.7 Å². The number of benzene rings is 1. The summed E-state index contributed by atoms with van der Waals surface area (Å²) in [6.45, 7) is 3.63. The maximum atomic E-state index is 11.8. The lowest BCUT2D eigenvalue weighted by Gasteiger charge is -2.21. The number of rotatable bonds is 4. The molecule has 0 radical (unpaired) electrons. The van der Waals surface area contributed by atoms with Crippen molar-refractivity contribution in [3.63, 3.8) is 0 Å². The first-order valence-electron chi connectivity index (χ1n) is 5.24. The number of nitrogens with two attached hydrogens (primary N) is 1. The van der Waals surface area contributed by atoms with Gasteiger partial charge >= 0.3 is 0 Å². The minimum Gasteiger partial charge on any atom is -0.325 e. The molecule has 0 saturated carbocycles. The number of carbonyl (C=O) groups is 1. The van der Waals surface area contributed by atoms with Gasteiger partial charge in [-0.15, -0.1) is 11.8 Å². The lowest BCUT2D eigenvalue weighted by molar-refractivity contribution is -0.120. The van der Waals surface area contributed by atoms with Gasteiger partial charge in [0.05, 0.1) is 5.54 Å². The van der Waals surface area contributed by atoms with Crippen molar-refractivity contribution >= 4 is 23.4 Å². The van der Waals surface area contributed by atoms with Crippen LogP contribution >= 0.6 is 11.8 Å². The van der Waals surface area contributed by atoms with E-state index in [0.29, 0.717) is 6.42 Å². The Morgan fingerprint density at radius 2 is 2.00 bits per heavy atom. The van der Waals surface area contributed by atoms with Crippen molar-refractivity contribution in [2.75, 3.05) is 11.6 Å². The van der Waals surface area contributed by atoms with Crippen LogP contribution in [0.2, 0.25) is 0 Å². The van der Waals surface area contributed by atoms with Crippen LogP contribution in [0.25, 0.3) is 0 Å². The minimum atomic E-state index is -0.807. The second-order valence-corrected chi connectivity index (χ2v) is 4.83. The number of thioether (sulfide) groups is 1. The topological polar surface area (TPSA) is 55.1 Å². The standard InChI is InChI=1S/C12H18N2OS/c1-4-12(2,13)11(15)14-9-5-7-10(16-3)8-6-9/h5-8H,4,13H2,1-3H3,(H,14,15). The van der Waals surface area contributed by atoms with E-state index in [-0.39, 0.29) is 5.91 Å². The van der Waals surface area contributed by atoms with Crippen LogP contribution in [-0.2, 0) is 4.79 Å². The average molecular weight is 238 g/mol. The molecule has 0 bridgehead atoms. The number of nitrogens with one attached hydrogen (secondary N) is 1. The van der Waals surface area contributed by atoms with E-state index in [0.717, 1.165) is 5.69 Å². The van der Waals surface area contributed by atoms with E-state index in [4.69, 9.17) is 5.73 Å². The van der Waals surface area contributed by atoms with E-state index in [2.05, 4.69) is 5.32 Å². The fraction of sp³-hybridized carbons (Fsp3) is 0.417. The highest BCUT2D eigenvalue weighted by atomic mass is 32.2. The molecule has 1 aromatic rings. The maximum absolute atomic E-state index is 11.8. The molecule has 0 aliphatic heterocycles. The first-order chi connectivity index (χ1) is 7.49. The van der Waals surface area contributed by atoms with Gasteiger partial charge in [-0.3, -0.25) is 4.79 Å². The van der Waals surface area contributed by atoms with Crippen molar-refractivity contribution in [2.24, 2.45) is 5.73 Å².